The minimum atomic E-state index is 0.0492. The maximum atomic E-state index is 12.2. The van der Waals surface area contributed by atoms with Gasteiger partial charge in [0, 0.05) is 24.2 Å². The van der Waals surface area contributed by atoms with Crippen molar-refractivity contribution in [3.63, 3.8) is 0 Å². The van der Waals surface area contributed by atoms with Gasteiger partial charge < -0.3 is 15.4 Å². The molecule has 0 bridgehead atoms. The molecule has 2 N–H and O–H groups in total. The predicted molar refractivity (Wildman–Crippen MR) is 66.1 cm³/mol. The van der Waals surface area contributed by atoms with Crippen molar-refractivity contribution in [1.82, 2.24) is 4.90 Å². The van der Waals surface area contributed by atoms with Crippen molar-refractivity contribution >= 4 is 5.91 Å². The minimum Gasteiger partial charge on any atom is -0.497 e. The zero-order valence-electron chi connectivity index (χ0n) is 10.2. The molecule has 1 saturated heterocycles. The van der Waals surface area contributed by atoms with Crippen LogP contribution in [0.1, 0.15) is 23.7 Å². The standard InChI is InChI=1S/C13H18N2O2/c1-9-12(14)7-8-15(9)13(16)10-3-5-11(17-2)6-4-10/h3-6,9,12H,7-8,14H2,1-2H3. The second-order valence-electron chi connectivity index (χ2n) is 4.42. The Kier molecular flexibility index (Phi) is 3.33. The van der Waals surface area contributed by atoms with E-state index in [9.17, 15) is 4.79 Å². The lowest BCUT2D eigenvalue weighted by atomic mass is 10.1. The Bertz CT molecular complexity index is 402. The predicted octanol–water partition coefficient (Wildman–Crippen LogP) is 1.26. The van der Waals surface area contributed by atoms with Gasteiger partial charge in [-0.25, -0.2) is 0 Å². The molecule has 1 aliphatic heterocycles. The fraction of sp³-hybridized carbons (Fsp3) is 0.462. The summed E-state index contributed by atoms with van der Waals surface area (Å²) in [7, 11) is 1.61. The maximum absolute atomic E-state index is 12.2. The van der Waals surface area contributed by atoms with Gasteiger partial charge in [-0.3, -0.25) is 4.79 Å². The van der Waals surface area contributed by atoms with Crippen LogP contribution >= 0.6 is 0 Å². The number of amides is 1. The molecule has 1 heterocycles. The molecule has 0 radical (unpaired) electrons. The van der Waals surface area contributed by atoms with Crippen LogP contribution in [0.2, 0.25) is 0 Å². The van der Waals surface area contributed by atoms with E-state index >= 15 is 0 Å². The van der Waals surface area contributed by atoms with Crippen LogP contribution in [-0.2, 0) is 0 Å². The molecule has 1 amide bonds. The summed E-state index contributed by atoms with van der Waals surface area (Å²) in [4.78, 5) is 14.1. The molecule has 2 unspecified atom stereocenters. The van der Waals surface area contributed by atoms with Gasteiger partial charge in [0.15, 0.2) is 0 Å². The quantitative estimate of drug-likeness (QED) is 0.838. The van der Waals surface area contributed by atoms with E-state index in [-0.39, 0.29) is 18.0 Å². The fourth-order valence-corrected chi connectivity index (χ4v) is 2.15. The molecule has 1 aliphatic rings. The largest absolute Gasteiger partial charge is 0.497 e. The average molecular weight is 234 g/mol. The van der Waals surface area contributed by atoms with Crippen LogP contribution in [0.25, 0.3) is 0 Å². The number of nitrogens with two attached hydrogens (primary N) is 1. The lowest BCUT2D eigenvalue weighted by Gasteiger charge is -2.23. The van der Waals surface area contributed by atoms with Crippen molar-refractivity contribution in [1.29, 1.82) is 0 Å². The molecule has 17 heavy (non-hydrogen) atoms. The monoisotopic (exact) mass is 234 g/mol. The van der Waals surface area contributed by atoms with E-state index in [2.05, 4.69) is 0 Å². The zero-order chi connectivity index (χ0) is 12.4. The first-order chi connectivity index (χ1) is 8.13. The molecule has 0 spiro atoms. The number of benzene rings is 1. The van der Waals surface area contributed by atoms with Gasteiger partial charge in [-0.1, -0.05) is 0 Å². The Morgan fingerprint density at radius 3 is 2.53 bits per heavy atom. The van der Waals surface area contributed by atoms with Crippen LogP contribution in [0.3, 0.4) is 0 Å². The number of methoxy groups -OCH3 is 1. The van der Waals surface area contributed by atoms with Gasteiger partial charge in [0.05, 0.1) is 7.11 Å². The van der Waals surface area contributed by atoms with Crippen LogP contribution in [0.5, 0.6) is 5.75 Å². The SMILES string of the molecule is COc1ccc(C(=O)N2CCC(N)C2C)cc1. The summed E-state index contributed by atoms with van der Waals surface area (Å²) in [5.74, 6) is 0.806. The molecule has 0 aromatic heterocycles. The van der Waals surface area contributed by atoms with Crippen molar-refractivity contribution < 1.29 is 9.53 Å². The molecule has 0 aliphatic carbocycles. The first-order valence-electron chi connectivity index (χ1n) is 5.84. The summed E-state index contributed by atoms with van der Waals surface area (Å²) >= 11 is 0. The van der Waals surface area contributed by atoms with Gasteiger partial charge in [-0.15, -0.1) is 0 Å². The highest BCUT2D eigenvalue weighted by Gasteiger charge is 2.31. The molecule has 0 saturated carbocycles. The molecular formula is C13H18N2O2. The number of carbonyl (C=O) groups excluding carboxylic acids is 1. The molecule has 4 heteroatoms. The summed E-state index contributed by atoms with van der Waals surface area (Å²) in [6.45, 7) is 2.74. The number of ether oxygens (including phenoxy) is 1. The van der Waals surface area contributed by atoms with Gasteiger partial charge >= 0.3 is 0 Å². The molecule has 2 rings (SSSR count). The van der Waals surface area contributed by atoms with E-state index in [4.69, 9.17) is 10.5 Å². The van der Waals surface area contributed by atoms with Gasteiger partial charge in [0.2, 0.25) is 0 Å². The first kappa shape index (κ1) is 11.9. The number of rotatable bonds is 2. The van der Waals surface area contributed by atoms with Gasteiger partial charge in [-0.05, 0) is 37.6 Å². The van der Waals surface area contributed by atoms with Crippen molar-refractivity contribution in [2.24, 2.45) is 5.73 Å². The van der Waals surface area contributed by atoms with Crippen LogP contribution in [-0.4, -0.2) is 36.5 Å². The van der Waals surface area contributed by atoms with E-state index in [1.165, 1.54) is 0 Å². The third kappa shape index (κ3) is 2.26. The first-order valence-corrected chi connectivity index (χ1v) is 5.84. The van der Waals surface area contributed by atoms with Crippen LogP contribution < -0.4 is 10.5 Å². The Balaban J connectivity index is 2.14. The fourth-order valence-electron chi connectivity index (χ4n) is 2.15. The second kappa shape index (κ2) is 4.75. The summed E-state index contributed by atoms with van der Waals surface area (Å²) in [5, 5.41) is 0. The van der Waals surface area contributed by atoms with Gasteiger partial charge in [0.1, 0.15) is 5.75 Å². The molecule has 1 fully saturated rings. The number of hydrogen-bond acceptors (Lipinski definition) is 3. The topological polar surface area (TPSA) is 55.6 Å². The maximum Gasteiger partial charge on any atom is 0.254 e. The van der Waals surface area contributed by atoms with Crippen LogP contribution in [0, 0.1) is 0 Å². The highest BCUT2D eigenvalue weighted by molar-refractivity contribution is 5.94. The Morgan fingerprint density at radius 2 is 2.06 bits per heavy atom. The zero-order valence-corrected chi connectivity index (χ0v) is 10.2. The third-order valence-corrected chi connectivity index (χ3v) is 3.41. The minimum absolute atomic E-state index is 0.0492. The van der Waals surface area contributed by atoms with E-state index in [0.29, 0.717) is 5.56 Å². The smallest absolute Gasteiger partial charge is 0.254 e. The number of hydrogen-bond donors (Lipinski definition) is 1. The van der Waals surface area contributed by atoms with Crippen molar-refractivity contribution in [2.75, 3.05) is 13.7 Å². The summed E-state index contributed by atoms with van der Waals surface area (Å²) < 4.78 is 5.07. The van der Waals surface area contributed by atoms with Gasteiger partial charge in [-0.2, -0.15) is 0 Å². The third-order valence-electron chi connectivity index (χ3n) is 3.41. The highest BCUT2D eigenvalue weighted by atomic mass is 16.5. The van der Waals surface area contributed by atoms with E-state index < -0.39 is 0 Å². The van der Waals surface area contributed by atoms with Crippen molar-refractivity contribution in [3.05, 3.63) is 29.8 Å². The Morgan fingerprint density at radius 1 is 1.41 bits per heavy atom. The molecule has 1 aromatic rings. The highest BCUT2D eigenvalue weighted by Crippen LogP contribution is 2.20. The summed E-state index contributed by atoms with van der Waals surface area (Å²) in [5.41, 5.74) is 6.60. The summed E-state index contributed by atoms with van der Waals surface area (Å²) in [6, 6.07) is 7.39. The van der Waals surface area contributed by atoms with Crippen LogP contribution in [0.4, 0.5) is 0 Å². The Labute approximate surface area is 101 Å². The average Bonchev–Trinajstić information content (AvgIpc) is 2.69. The normalized spacial score (nSPS) is 23.8. The van der Waals surface area contributed by atoms with Crippen molar-refractivity contribution in [3.8, 4) is 5.75 Å². The van der Waals surface area contributed by atoms with E-state index in [1.807, 2.05) is 11.8 Å². The van der Waals surface area contributed by atoms with Crippen molar-refractivity contribution in [2.45, 2.75) is 25.4 Å². The van der Waals surface area contributed by atoms with Gasteiger partial charge in [0.25, 0.3) is 5.91 Å². The number of likely N-dealkylation sites (tertiary alicyclic amines) is 1. The molecular weight excluding hydrogens is 216 g/mol. The molecule has 1 aromatic carbocycles. The number of carbonyl (C=O) groups is 1. The van der Waals surface area contributed by atoms with E-state index in [0.717, 1.165) is 18.7 Å². The molecule has 2 atom stereocenters. The summed E-state index contributed by atoms with van der Waals surface area (Å²) in [6.07, 6.45) is 0.878. The lowest BCUT2D eigenvalue weighted by molar-refractivity contribution is 0.0742. The molecule has 4 nitrogen and oxygen atoms in total. The molecule has 92 valence electrons. The second-order valence-corrected chi connectivity index (χ2v) is 4.42. The number of nitrogens with zero attached hydrogens (tertiary/aromatic N) is 1. The Hall–Kier alpha value is -1.55. The lowest BCUT2D eigenvalue weighted by Crippen LogP contribution is -2.40. The van der Waals surface area contributed by atoms with E-state index in [1.54, 1.807) is 31.4 Å². The van der Waals surface area contributed by atoms with Crippen LogP contribution in [0.15, 0.2) is 24.3 Å².